The molecule has 0 heterocycles. The van der Waals surface area contributed by atoms with Gasteiger partial charge in [-0.15, -0.1) is 0 Å². The largest absolute Gasteiger partial charge is 0.241 e. The molecule has 0 aliphatic carbocycles. The molecule has 3 nitrogen and oxygen atoms in total. The lowest BCUT2D eigenvalue weighted by Crippen LogP contribution is -2.20. The van der Waals surface area contributed by atoms with Crippen molar-refractivity contribution in [3.63, 3.8) is 0 Å². The molecule has 0 aliphatic rings. The van der Waals surface area contributed by atoms with Crippen molar-refractivity contribution in [2.45, 2.75) is 18.7 Å². The topological polar surface area (TPSA) is 46.2 Å². The molecule has 0 saturated carbocycles. The molecule has 0 unspecified atom stereocenters. The van der Waals surface area contributed by atoms with Crippen molar-refractivity contribution in [3.05, 3.63) is 36.4 Å². The molecule has 13 heavy (non-hydrogen) atoms. The zero-order valence-corrected chi connectivity index (χ0v) is 8.43. The molecule has 0 amide bonds. The number of sulfonamides is 1. The molecule has 0 saturated heterocycles. The maximum atomic E-state index is 11.5. The quantitative estimate of drug-likeness (QED) is 0.799. The second-order valence-corrected chi connectivity index (χ2v) is 4.36. The first-order valence-corrected chi connectivity index (χ1v) is 5.42. The van der Waals surface area contributed by atoms with Gasteiger partial charge in [0.15, 0.2) is 0 Å². The van der Waals surface area contributed by atoms with Crippen molar-refractivity contribution < 1.29 is 8.42 Å². The Balaban J connectivity index is 3.15. The van der Waals surface area contributed by atoms with Crippen LogP contribution in [0.25, 0.3) is 0 Å². The van der Waals surface area contributed by atoms with Crippen LogP contribution in [-0.4, -0.2) is 8.42 Å². The number of hydrogen-bond donors (Lipinski definition) is 1. The van der Waals surface area contributed by atoms with Crippen LogP contribution in [0, 0.1) is 13.5 Å². The van der Waals surface area contributed by atoms with E-state index in [1.807, 2.05) is 6.07 Å². The van der Waals surface area contributed by atoms with Gasteiger partial charge in [-0.3, -0.25) is 0 Å². The number of hydrogen-bond acceptors (Lipinski definition) is 2. The summed E-state index contributed by atoms with van der Waals surface area (Å²) in [5.41, 5.74) is 0.747. The van der Waals surface area contributed by atoms with Gasteiger partial charge >= 0.3 is 0 Å². The first-order valence-electron chi connectivity index (χ1n) is 3.93. The molecule has 1 N–H and O–H groups in total. The average molecular weight is 198 g/mol. The first-order chi connectivity index (χ1) is 6.08. The minimum Gasteiger partial charge on any atom is -0.207 e. The van der Waals surface area contributed by atoms with Crippen LogP contribution >= 0.6 is 0 Å². The van der Waals surface area contributed by atoms with Crippen molar-refractivity contribution in [1.29, 1.82) is 0 Å². The Hall–Kier alpha value is -0.870. The molecule has 0 fully saturated rings. The van der Waals surface area contributed by atoms with E-state index < -0.39 is 10.0 Å². The Labute approximate surface area is 78.8 Å². The third-order valence-electron chi connectivity index (χ3n) is 1.66. The molecule has 0 aliphatic heterocycles. The van der Waals surface area contributed by atoms with E-state index in [-0.39, 0.29) is 0 Å². The van der Waals surface area contributed by atoms with Gasteiger partial charge < -0.3 is 0 Å². The average Bonchev–Trinajstić information content (AvgIpc) is 2.04. The minimum atomic E-state index is -3.35. The SMILES string of the molecule is C[CH]NS(=O)(=O)c1ccccc1C. The highest BCUT2D eigenvalue weighted by atomic mass is 32.2. The number of benzene rings is 1. The molecule has 1 rings (SSSR count). The minimum absolute atomic E-state index is 0.327. The molecule has 0 atom stereocenters. The van der Waals surface area contributed by atoms with Crippen LogP contribution in [0.4, 0.5) is 0 Å². The molecule has 4 heteroatoms. The maximum absolute atomic E-state index is 11.5. The van der Waals surface area contributed by atoms with Gasteiger partial charge in [0.1, 0.15) is 0 Å². The molecule has 0 bridgehead atoms. The van der Waals surface area contributed by atoms with Gasteiger partial charge in [0.05, 0.1) is 4.90 Å². The van der Waals surface area contributed by atoms with E-state index in [0.717, 1.165) is 5.56 Å². The third-order valence-corrected chi connectivity index (χ3v) is 3.24. The van der Waals surface area contributed by atoms with E-state index in [1.165, 1.54) is 6.54 Å². The molecule has 0 spiro atoms. The summed E-state index contributed by atoms with van der Waals surface area (Å²) >= 11 is 0. The van der Waals surface area contributed by atoms with E-state index in [9.17, 15) is 8.42 Å². The van der Waals surface area contributed by atoms with Gasteiger partial charge in [-0.2, -0.15) is 0 Å². The number of aryl methyl sites for hydroxylation is 1. The second kappa shape index (κ2) is 3.89. The highest BCUT2D eigenvalue weighted by Crippen LogP contribution is 2.13. The normalized spacial score (nSPS) is 11.5. The van der Waals surface area contributed by atoms with Gasteiger partial charge in [0.25, 0.3) is 0 Å². The van der Waals surface area contributed by atoms with Crippen molar-refractivity contribution in [1.82, 2.24) is 4.72 Å². The number of nitrogens with one attached hydrogen (secondary N) is 1. The van der Waals surface area contributed by atoms with Gasteiger partial charge in [-0.25, -0.2) is 13.1 Å². The van der Waals surface area contributed by atoms with Crippen LogP contribution in [0.5, 0.6) is 0 Å². The third kappa shape index (κ3) is 2.29. The molecule has 1 radical (unpaired) electrons. The highest BCUT2D eigenvalue weighted by Gasteiger charge is 2.13. The fourth-order valence-electron chi connectivity index (χ4n) is 1.08. The van der Waals surface area contributed by atoms with E-state index in [1.54, 1.807) is 32.0 Å². The van der Waals surface area contributed by atoms with Crippen LogP contribution in [0.15, 0.2) is 29.2 Å². The summed E-state index contributed by atoms with van der Waals surface area (Å²) in [6, 6.07) is 6.87. The lowest BCUT2D eigenvalue weighted by molar-refractivity contribution is 0.587. The zero-order valence-electron chi connectivity index (χ0n) is 7.61. The lowest BCUT2D eigenvalue weighted by atomic mass is 10.2. The Bertz CT molecular complexity index is 384. The highest BCUT2D eigenvalue weighted by molar-refractivity contribution is 7.89. The van der Waals surface area contributed by atoms with Gasteiger partial charge in [0.2, 0.25) is 10.0 Å². The van der Waals surface area contributed by atoms with Gasteiger partial charge in [0, 0.05) is 6.54 Å². The summed E-state index contributed by atoms with van der Waals surface area (Å²) in [6.45, 7) is 4.81. The molecular formula is C9H12NO2S. The van der Waals surface area contributed by atoms with E-state index in [4.69, 9.17) is 0 Å². The molecule has 71 valence electrons. The lowest BCUT2D eigenvalue weighted by Gasteiger charge is -2.06. The Morgan fingerprint density at radius 3 is 2.46 bits per heavy atom. The van der Waals surface area contributed by atoms with E-state index in [2.05, 4.69) is 4.72 Å². The van der Waals surface area contributed by atoms with Crippen molar-refractivity contribution in [2.75, 3.05) is 0 Å². The van der Waals surface area contributed by atoms with Crippen LogP contribution in [-0.2, 0) is 10.0 Å². The van der Waals surface area contributed by atoms with Gasteiger partial charge in [-0.1, -0.05) is 18.2 Å². The fourth-order valence-corrected chi connectivity index (χ4v) is 2.26. The Morgan fingerprint density at radius 2 is 1.92 bits per heavy atom. The van der Waals surface area contributed by atoms with Crippen molar-refractivity contribution in [2.24, 2.45) is 0 Å². The summed E-state index contributed by atoms with van der Waals surface area (Å²) in [5, 5.41) is 0. The standard InChI is InChI=1S/C9H12NO2S/c1-3-10-13(11,12)9-7-5-4-6-8(9)2/h3-7,10H,1-2H3. The monoisotopic (exact) mass is 198 g/mol. The summed E-state index contributed by atoms with van der Waals surface area (Å²) in [7, 11) is -3.35. The number of rotatable bonds is 3. The second-order valence-electron chi connectivity index (χ2n) is 2.68. The first kappa shape index (κ1) is 10.2. The summed E-state index contributed by atoms with van der Waals surface area (Å²) in [4.78, 5) is 0.327. The molecule has 0 aromatic heterocycles. The van der Waals surface area contributed by atoms with E-state index in [0.29, 0.717) is 4.90 Å². The van der Waals surface area contributed by atoms with E-state index >= 15 is 0 Å². The summed E-state index contributed by atoms with van der Waals surface area (Å²) < 4.78 is 25.3. The van der Waals surface area contributed by atoms with Crippen LogP contribution in [0.2, 0.25) is 0 Å². The molecular weight excluding hydrogens is 186 g/mol. The van der Waals surface area contributed by atoms with Crippen molar-refractivity contribution in [3.8, 4) is 0 Å². The van der Waals surface area contributed by atoms with Gasteiger partial charge in [-0.05, 0) is 25.5 Å². The summed E-state index contributed by atoms with van der Waals surface area (Å²) in [6.07, 6.45) is 0. The Kier molecular flexibility index (Phi) is 3.06. The zero-order chi connectivity index (χ0) is 9.90. The van der Waals surface area contributed by atoms with Crippen LogP contribution in [0.1, 0.15) is 12.5 Å². The van der Waals surface area contributed by atoms with Crippen molar-refractivity contribution >= 4 is 10.0 Å². The predicted molar refractivity (Wildman–Crippen MR) is 51.5 cm³/mol. The Morgan fingerprint density at radius 1 is 1.31 bits per heavy atom. The maximum Gasteiger partial charge on any atom is 0.241 e. The summed E-state index contributed by atoms with van der Waals surface area (Å²) in [5.74, 6) is 0. The van der Waals surface area contributed by atoms with Crippen LogP contribution in [0.3, 0.4) is 0 Å². The predicted octanol–water partition coefficient (Wildman–Crippen LogP) is 1.46. The smallest absolute Gasteiger partial charge is 0.207 e. The molecule has 1 aromatic carbocycles. The van der Waals surface area contributed by atoms with Crippen LogP contribution < -0.4 is 4.72 Å². The molecule has 1 aromatic rings. The fraction of sp³-hybridized carbons (Fsp3) is 0.222.